The highest BCUT2D eigenvalue weighted by Gasteiger charge is 2.06. The highest BCUT2D eigenvalue weighted by molar-refractivity contribution is 7.09. The summed E-state index contributed by atoms with van der Waals surface area (Å²) in [6, 6.07) is 6.02. The van der Waals surface area contributed by atoms with Crippen molar-refractivity contribution < 1.29 is 9.13 Å². The monoisotopic (exact) mass is 364 g/mol. The SMILES string of the molecule is CCNC(=NCc1csc(CC)n1)NCC(C)Oc1ccc(F)cc1. The van der Waals surface area contributed by atoms with Gasteiger partial charge in [0.05, 0.1) is 23.8 Å². The number of aromatic nitrogens is 1. The van der Waals surface area contributed by atoms with Crippen LogP contribution in [0.5, 0.6) is 5.75 Å². The van der Waals surface area contributed by atoms with Gasteiger partial charge >= 0.3 is 0 Å². The number of hydrogen-bond donors (Lipinski definition) is 2. The van der Waals surface area contributed by atoms with Gasteiger partial charge in [0.2, 0.25) is 0 Å². The van der Waals surface area contributed by atoms with Crippen molar-refractivity contribution >= 4 is 17.3 Å². The topological polar surface area (TPSA) is 58.5 Å². The van der Waals surface area contributed by atoms with Crippen molar-refractivity contribution in [2.75, 3.05) is 13.1 Å². The van der Waals surface area contributed by atoms with Crippen molar-refractivity contribution in [1.82, 2.24) is 15.6 Å². The van der Waals surface area contributed by atoms with E-state index >= 15 is 0 Å². The summed E-state index contributed by atoms with van der Waals surface area (Å²) in [5.74, 6) is 1.10. The van der Waals surface area contributed by atoms with E-state index in [4.69, 9.17) is 4.74 Å². The third-order valence-corrected chi connectivity index (χ3v) is 4.39. The summed E-state index contributed by atoms with van der Waals surface area (Å²) in [6.07, 6.45) is 0.866. The average molecular weight is 364 g/mol. The average Bonchev–Trinajstić information content (AvgIpc) is 3.07. The first-order chi connectivity index (χ1) is 12.1. The largest absolute Gasteiger partial charge is 0.489 e. The van der Waals surface area contributed by atoms with Crippen LogP contribution in [-0.2, 0) is 13.0 Å². The predicted molar refractivity (Wildman–Crippen MR) is 101 cm³/mol. The molecular weight excluding hydrogens is 339 g/mol. The van der Waals surface area contributed by atoms with Crippen molar-refractivity contribution in [3.8, 4) is 5.75 Å². The number of nitrogens with zero attached hydrogens (tertiary/aromatic N) is 2. The zero-order valence-electron chi connectivity index (χ0n) is 14.9. The van der Waals surface area contributed by atoms with Gasteiger partial charge < -0.3 is 15.4 Å². The van der Waals surface area contributed by atoms with Gasteiger partial charge in [-0.25, -0.2) is 14.4 Å². The molecule has 0 saturated heterocycles. The summed E-state index contributed by atoms with van der Waals surface area (Å²) in [6.45, 7) is 7.97. The molecule has 136 valence electrons. The fourth-order valence-electron chi connectivity index (χ4n) is 2.11. The van der Waals surface area contributed by atoms with Gasteiger partial charge in [0.1, 0.15) is 17.7 Å². The first kappa shape index (κ1) is 19.2. The number of hydrogen-bond acceptors (Lipinski definition) is 4. The Kier molecular flexibility index (Phi) is 7.66. The number of rotatable bonds is 8. The molecule has 1 unspecified atom stereocenters. The second-order valence-corrected chi connectivity index (χ2v) is 6.49. The molecular formula is C18H25FN4OS. The van der Waals surface area contributed by atoms with Gasteiger partial charge in [-0.3, -0.25) is 0 Å². The Morgan fingerprint density at radius 3 is 2.68 bits per heavy atom. The summed E-state index contributed by atoms with van der Waals surface area (Å²) in [5, 5.41) is 9.65. The Labute approximate surface area is 152 Å². The smallest absolute Gasteiger partial charge is 0.191 e. The number of nitrogens with one attached hydrogen (secondary N) is 2. The zero-order valence-corrected chi connectivity index (χ0v) is 15.7. The van der Waals surface area contributed by atoms with Crippen molar-refractivity contribution in [2.24, 2.45) is 4.99 Å². The normalized spacial score (nSPS) is 12.7. The summed E-state index contributed by atoms with van der Waals surface area (Å²) >= 11 is 1.67. The third kappa shape index (κ3) is 6.70. The number of aliphatic imine (C=N–C) groups is 1. The van der Waals surface area contributed by atoms with E-state index in [2.05, 4.69) is 27.5 Å². The molecule has 2 N–H and O–H groups in total. The molecule has 25 heavy (non-hydrogen) atoms. The quantitative estimate of drug-likeness (QED) is 0.557. The second-order valence-electron chi connectivity index (χ2n) is 5.54. The summed E-state index contributed by atoms with van der Waals surface area (Å²) in [5.41, 5.74) is 0.981. The predicted octanol–water partition coefficient (Wildman–Crippen LogP) is 3.37. The third-order valence-electron chi connectivity index (χ3n) is 3.35. The van der Waals surface area contributed by atoms with E-state index in [0.29, 0.717) is 18.8 Å². The molecule has 0 radical (unpaired) electrons. The van der Waals surface area contributed by atoms with E-state index in [9.17, 15) is 4.39 Å². The lowest BCUT2D eigenvalue weighted by Gasteiger charge is -2.17. The first-order valence-corrected chi connectivity index (χ1v) is 9.36. The highest BCUT2D eigenvalue weighted by Crippen LogP contribution is 2.13. The zero-order chi connectivity index (χ0) is 18.1. The van der Waals surface area contributed by atoms with Crippen LogP contribution in [0.3, 0.4) is 0 Å². The molecule has 0 aliphatic carbocycles. The number of thiazole rings is 1. The van der Waals surface area contributed by atoms with Gasteiger partial charge in [0.25, 0.3) is 0 Å². The molecule has 5 nitrogen and oxygen atoms in total. The lowest BCUT2D eigenvalue weighted by molar-refractivity contribution is 0.223. The van der Waals surface area contributed by atoms with Crippen molar-refractivity contribution in [1.29, 1.82) is 0 Å². The fraction of sp³-hybridized carbons (Fsp3) is 0.444. The molecule has 2 aromatic rings. The maximum Gasteiger partial charge on any atom is 0.191 e. The molecule has 0 aliphatic heterocycles. The molecule has 0 aliphatic rings. The second kappa shape index (κ2) is 9.98. The molecule has 2 rings (SSSR count). The van der Waals surface area contributed by atoms with Gasteiger partial charge in [-0.1, -0.05) is 6.92 Å². The van der Waals surface area contributed by atoms with Crippen molar-refractivity contribution in [2.45, 2.75) is 39.8 Å². The molecule has 1 heterocycles. The van der Waals surface area contributed by atoms with Crippen LogP contribution in [0.4, 0.5) is 4.39 Å². The number of aryl methyl sites for hydroxylation is 1. The Bertz CT molecular complexity index is 672. The lowest BCUT2D eigenvalue weighted by atomic mass is 10.3. The highest BCUT2D eigenvalue weighted by atomic mass is 32.1. The fourth-order valence-corrected chi connectivity index (χ4v) is 2.85. The minimum absolute atomic E-state index is 0.0831. The standard InChI is InChI=1S/C18H25FN4OS/c1-4-17-23-15(12-25-17)11-22-18(20-5-2)21-10-13(3)24-16-8-6-14(19)7-9-16/h6-9,12-13H,4-5,10-11H2,1-3H3,(H2,20,21,22). The van der Waals surface area contributed by atoms with Gasteiger partial charge in [-0.2, -0.15) is 0 Å². The van der Waals surface area contributed by atoms with Crippen LogP contribution in [0.2, 0.25) is 0 Å². The minimum atomic E-state index is -0.270. The first-order valence-electron chi connectivity index (χ1n) is 8.48. The van der Waals surface area contributed by atoms with Gasteiger partial charge in [0, 0.05) is 11.9 Å². The van der Waals surface area contributed by atoms with Crippen molar-refractivity contribution in [3.05, 3.63) is 46.2 Å². The van der Waals surface area contributed by atoms with Gasteiger partial charge in [0.15, 0.2) is 5.96 Å². The number of ether oxygens (including phenoxy) is 1. The van der Waals surface area contributed by atoms with E-state index in [-0.39, 0.29) is 11.9 Å². The maximum absolute atomic E-state index is 12.9. The van der Waals surface area contributed by atoms with Crippen LogP contribution >= 0.6 is 11.3 Å². The van der Waals surface area contributed by atoms with E-state index in [1.54, 1.807) is 23.5 Å². The van der Waals surface area contributed by atoms with Crippen LogP contribution in [0.25, 0.3) is 0 Å². The van der Waals surface area contributed by atoms with Crippen LogP contribution in [0.15, 0.2) is 34.6 Å². The van der Waals surface area contributed by atoms with Gasteiger partial charge in [-0.05, 0) is 44.5 Å². The molecule has 0 fully saturated rings. The molecule has 1 aromatic heterocycles. The summed E-state index contributed by atoms with van der Waals surface area (Å²) in [7, 11) is 0. The Morgan fingerprint density at radius 2 is 2.04 bits per heavy atom. The molecule has 1 aromatic carbocycles. The molecule has 0 saturated carbocycles. The Balaban J connectivity index is 1.84. The number of halogens is 1. The molecule has 0 bridgehead atoms. The molecule has 0 amide bonds. The molecule has 7 heteroatoms. The van der Waals surface area contributed by atoms with Crippen LogP contribution in [-0.4, -0.2) is 30.1 Å². The van der Waals surface area contributed by atoms with E-state index in [1.165, 1.54) is 12.1 Å². The van der Waals surface area contributed by atoms with Crippen LogP contribution < -0.4 is 15.4 Å². The van der Waals surface area contributed by atoms with Crippen LogP contribution in [0, 0.1) is 5.82 Å². The van der Waals surface area contributed by atoms with Gasteiger partial charge in [-0.15, -0.1) is 11.3 Å². The summed E-state index contributed by atoms with van der Waals surface area (Å²) < 4.78 is 18.7. The molecule has 1 atom stereocenters. The van der Waals surface area contributed by atoms with E-state index in [1.807, 2.05) is 19.2 Å². The minimum Gasteiger partial charge on any atom is -0.489 e. The lowest BCUT2D eigenvalue weighted by Crippen LogP contribution is -2.41. The van der Waals surface area contributed by atoms with E-state index < -0.39 is 0 Å². The maximum atomic E-state index is 12.9. The Morgan fingerprint density at radius 1 is 1.28 bits per heavy atom. The van der Waals surface area contributed by atoms with Crippen molar-refractivity contribution in [3.63, 3.8) is 0 Å². The van der Waals surface area contributed by atoms with E-state index in [0.717, 1.165) is 29.6 Å². The molecule has 0 spiro atoms. The van der Waals surface area contributed by atoms with Crippen LogP contribution in [0.1, 0.15) is 31.5 Å². The number of benzene rings is 1. The Hall–Kier alpha value is -2.15. The number of guanidine groups is 1. The summed E-state index contributed by atoms with van der Waals surface area (Å²) in [4.78, 5) is 9.07.